The van der Waals surface area contributed by atoms with Crippen molar-refractivity contribution in [2.45, 2.75) is 38.2 Å². The summed E-state index contributed by atoms with van der Waals surface area (Å²) in [5.74, 6) is 2.66. The number of piperazine rings is 1. The lowest BCUT2D eigenvalue weighted by Gasteiger charge is -2.37. The van der Waals surface area contributed by atoms with Crippen LogP contribution in [0.2, 0.25) is 0 Å². The molecule has 2 saturated carbocycles. The molecule has 5 heteroatoms. The second kappa shape index (κ2) is 8.89. The van der Waals surface area contributed by atoms with E-state index in [0.29, 0.717) is 18.8 Å². The molecule has 1 aliphatic heterocycles. The van der Waals surface area contributed by atoms with Gasteiger partial charge in [-0.1, -0.05) is 18.6 Å². The molecular formula is C22H33FN2O2. The van der Waals surface area contributed by atoms with Crippen molar-refractivity contribution >= 4 is 5.69 Å². The number of ether oxygens (including phenoxy) is 1. The third kappa shape index (κ3) is 4.82. The summed E-state index contributed by atoms with van der Waals surface area (Å²) in [5, 5.41) is 10.3. The molecule has 1 saturated heterocycles. The van der Waals surface area contributed by atoms with E-state index in [2.05, 4.69) is 9.80 Å². The molecule has 27 heavy (non-hydrogen) atoms. The van der Waals surface area contributed by atoms with Gasteiger partial charge >= 0.3 is 0 Å². The van der Waals surface area contributed by atoms with Gasteiger partial charge in [0.15, 0.2) is 0 Å². The predicted molar refractivity (Wildman–Crippen MR) is 105 cm³/mol. The SMILES string of the molecule is O[C@@H](COCC[C@@H]1C[C@H]2CC[C@H]1C2)CN1CCN(c2ccccc2F)CC1. The monoisotopic (exact) mass is 376 g/mol. The smallest absolute Gasteiger partial charge is 0.146 e. The van der Waals surface area contributed by atoms with Crippen molar-refractivity contribution in [3.63, 3.8) is 0 Å². The highest BCUT2D eigenvalue weighted by atomic mass is 19.1. The predicted octanol–water partition coefficient (Wildman–Crippen LogP) is 3.15. The molecule has 1 aromatic carbocycles. The molecule has 0 amide bonds. The summed E-state index contributed by atoms with van der Waals surface area (Å²) < 4.78 is 19.7. The minimum Gasteiger partial charge on any atom is -0.389 e. The molecule has 1 aromatic rings. The van der Waals surface area contributed by atoms with E-state index in [1.54, 1.807) is 6.07 Å². The van der Waals surface area contributed by atoms with Gasteiger partial charge in [-0.05, 0) is 55.6 Å². The fraction of sp³-hybridized carbons (Fsp3) is 0.727. The maximum Gasteiger partial charge on any atom is 0.146 e. The van der Waals surface area contributed by atoms with E-state index in [0.717, 1.165) is 57.0 Å². The molecule has 1 N–H and O–H groups in total. The van der Waals surface area contributed by atoms with Gasteiger partial charge in [0.25, 0.3) is 0 Å². The summed E-state index contributed by atoms with van der Waals surface area (Å²) >= 11 is 0. The van der Waals surface area contributed by atoms with Gasteiger partial charge in [-0.15, -0.1) is 0 Å². The summed E-state index contributed by atoms with van der Waals surface area (Å²) in [6.07, 6.45) is 6.46. The van der Waals surface area contributed by atoms with Gasteiger partial charge in [0.1, 0.15) is 5.82 Å². The normalized spacial score (nSPS) is 29.4. The van der Waals surface area contributed by atoms with Crippen molar-refractivity contribution in [2.24, 2.45) is 17.8 Å². The Balaban J connectivity index is 1.11. The second-order valence-corrected chi connectivity index (χ2v) is 8.69. The maximum atomic E-state index is 13.9. The molecule has 1 heterocycles. The Bertz CT molecular complexity index is 606. The number of anilines is 1. The molecule has 0 aromatic heterocycles. The first-order chi connectivity index (χ1) is 13.2. The Morgan fingerprint density at radius 2 is 1.93 bits per heavy atom. The van der Waals surface area contributed by atoms with Crippen molar-refractivity contribution in [2.75, 3.05) is 50.8 Å². The van der Waals surface area contributed by atoms with Gasteiger partial charge < -0.3 is 14.7 Å². The molecule has 150 valence electrons. The molecule has 3 aliphatic rings. The van der Waals surface area contributed by atoms with Crippen LogP contribution in [0.25, 0.3) is 0 Å². The van der Waals surface area contributed by atoms with Crippen molar-refractivity contribution in [1.82, 2.24) is 4.90 Å². The van der Waals surface area contributed by atoms with Crippen molar-refractivity contribution in [3.8, 4) is 0 Å². The van der Waals surface area contributed by atoms with E-state index in [-0.39, 0.29) is 5.82 Å². The van der Waals surface area contributed by atoms with Crippen LogP contribution in [0.15, 0.2) is 24.3 Å². The lowest BCUT2D eigenvalue weighted by atomic mass is 9.87. The molecule has 4 nitrogen and oxygen atoms in total. The molecule has 4 rings (SSSR count). The van der Waals surface area contributed by atoms with E-state index in [9.17, 15) is 9.50 Å². The lowest BCUT2D eigenvalue weighted by molar-refractivity contribution is 0.0100. The first-order valence-electron chi connectivity index (χ1n) is 10.7. The van der Waals surface area contributed by atoms with Crippen LogP contribution >= 0.6 is 0 Å². The number of aliphatic hydroxyl groups is 1. The van der Waals surface area contributed by atoms with Crippen LogP contribution in [-0.4, -0.2) is 62.0 Å². The Labute approximate surface area is 162 Å². The number of hydrogen-bond donors (Lipinski definition) is 1. The molecule has 3 fully saturated rings. The third-order valence-corrected chi connectivity index (χ3v) is 6.86. The number of aliphatic hydroxyl groups excluding tert-OH is 1. The van der Waals surface area contributed by atoms with Crippen LogP contribution in [-0.2, 0) is 4.74 Å². The Hall–Kier alpha value is -1.17. The van der Waals surface area contributed by atoms with Crippen LogP contribution in [0.4, 0.5) is 10.1 Å². The average molecular weight is 377 g/mol. The molecule has 4 atom stereocenters. The van der Waals surface area contributed by atoms with Crippen LogP contribution in [0.3, 0.4) is 0 Å². The minimum absolute atomic E-state index is 0.158. The third-order valence-electron chi connectivity index (χ3n) is 6.86. The Morgan fingerprint density at radius 1 is 1.11 bits per heavy atom. The van der Waals surface area contributed by atoms with Gasteiger partial charge in [-0.25, -0.2) is 4.39 Å². The standard InChI is InChI=1S/C22H33FN2O2/c23-21-3-1-2-4-22(21)25-10-8-24(9-11-25)15-20(26)16-27-12-7-19-14-17-5-6-18(19)13-17/h1-4,17-20,26H,5-16H2/t17-,18-,19+,20+/m0/s1. The van der Waals surface area contributed by atoms with Gasteiger partial charge in [0.05, 0.1) is 18.4 Å². The van der Waals surface area contributed by atoms with E-state index >= 15 is 0 Å². The maximum absolute atomic E-state index is 13.9. The molecule has 2 bridgehead atoms. The Morgan fingerprint density at radius 3 is 2.63 bits per heavy atom. The molecule has 2 aliphatic carbocycles. The van der Waals surface area contributed by atoms with Gasteiger partial charge in [-0.2, -0.15) is 0 Å². The first-order valence-corrected chi connectivity index (χ1v) is 10.7. The molecule has 0 spiro atoms. The number of benzene rings is 1. The quantitative estimate of drug-likeness (QED) is 0.707. The highest BCUT2D eigenvalue weighted by molar-refractivity contribution is 5.47. The summed E-state index contributed by atoms with van der Waals surface area (Å²) in [7, 11) is 0. The van der Waals surface area contributed by atoms with Crippen LogP contribution in [0, 0.1) is 23.6 Å². The van der Waals surface area contributed by atoms with Crippen molar-refractivity contribution in [3.05, 3.63) is 30.1 Å². The van der Waals surface area contributed by atoms with Gasteiger partial charge in [0, 0.05) is 39.3 Å². The molecule has 0 unspecified atom stereocenters. The summed E-state index contributed by atoms with van der Waals surface area (Å²) in [6, 6.07) is 6.95. The zero-order valence-electron chi connectivity index (χ0n) is 16.2. The topological polar surface area (TPSA) is 35.9 Å². The van der Waals surface area contributed by atoms with E-state index in [1.807, 2.05) is 12.1 Å². The lowest BCUT2D eigenvalue weighted by Crippen LogP contribution is -2.49. The summed E-state index contributed by atoms with van der Waals surface area (Å²) in [4.78, 5) is 4.34. The van der Waals surface area contributed by atoms with E-state index in [1.165, 1.54) is 31.7 Å². The van der Waals surface area contributed by atoms with Crippen LogP contribution < -0.4 is 4.90 Å². The Kier molecular flexibility index (Phi) is 6.31. The first kappa shape index (κ1) is 19.2. The molecule has 0 radical (unpaired) electrons. The van der Waals surface area contributed by atoms with Gasteiger partial charge in [0.2, 0.25) is 0 Å². The van der Waals surface area contributed by atoms with E-state index in [4.69, 9.17) is 4.74 Å². The number of fused-ring (bicyclic) bond motifs is 2. The number of rotatable bonds is 8. The second-order valence-electron chi connectivity index (χ2n) is 8.69. The van der Waals surface area contributed by atoms with Crippen LogP contribution in [0.1, 0.15) is 32.1 Å². The summed E-state index contributed by atoms with van der Waals surface area (Å²) in [6.45, 7) is 5.12. The fourth-order valence-corrected chi connectivity index (χ4v) is 5.41. The largest absolute Gasteiger partial charge is 0.389 e. The van der Waals surface area contributed by atoms with Crippen molar-refractivity contribution in [1.29, 1.82) is 0 Å². The zero-order valence-corrected chi connectivity index (χ0v) is 16.2. The van der Waals surface area contributed by atoms with E-state index < -0.39 is 6.10 Å². The minimum atomic E-state index is -0.440. The number of para-hydroxylation sites is 1. The molecular weight excluding hydrogens is 343 g/mol. The van der Waals surface area contributed by atoms with Crippen LogP contribution in [0.5, 0.6) is 0 Å². The summed E-state index contributed by atoms with van der Waals surface area (Å²) in [5.41, 5.74) is 0.682. The number of hydrogen-bond acceptors (Lipinski definition) is 4. The fourth-order valence-electron chi connectivity index (χ4n) is 5.41. The number of nitrogens with zero attached hydrogens (tertiary/aromatic N) is 2. The zero-order chi connectivity index (χ0) is 18.6. The van der Waals surface area contributed by atoms with Gasteiger partial charge in [-0.3, -0.25) is 4.90 Å². The highest BCUT2D eigenvalue weighted by Crippen LogP contribution is 2.49. The van der Waals surface area contributed by atoms with Crippen molar-refractivity contribution < 1.29 is 14.2 Å². The number of β-amino-alcohol motifs (C(OH)–C–C–N with tert-alkyl or cyclic N) is 1. The highest BCUT2D eigenvalue weighted by Gasteiger charge is 2.38. The number of halogens is 1. The average Bonchev–Trinajstić information content (AvgIpc) is 3.30.